The second kappa shape index (κ2) is 10.6. The Hall–Kier alpha value is -4.91. The molecule has 0 atom stereocenters. The highest BCUT2D eigenvalue weighted by molar-refractivity contribution is 6.00. The molecule has 7 nitrogen and oxygen atoms in total. The van der Waals surface area contributed by atoms with Crippen LogP contribution < -0.4 is 14.9 Å². The van der Waals surface area contributed by atoms with Gasteiger partial charge in [-0.05, 0) is 46.2 Å². The Balaban J connectivity index is 1.26. The molecule has 1 heterocycles. The zero-order valence-corrected chi connectivity index (χ0v) is 19.6. The van der Waals surface area contributed by atoms with E-state index in [1.807, 2.05) is 91.0 Å². The second-order valence-corrected chi connectivity index (χ2v) is 8.08. The van der Waals surface area contributed by atoms with E-state index in [1.54, 1.807) is 19.4 Å². The molecule has 0 bridgehead atoms. The molecule has 1 amide bonds. The number of carbonyl (C=O) groups excluding carboxylic acids is 1. The van der Waals surface area contributed by atoms with Gasteiger partial charge < -0.3 is 9.47 Å². The molecule has 0 aliphatic heterocycles. The van der Waals surface area contributed by atoms with Crippen molar-refractivity contribution < 1.29 is 14.3 Å². The number of rotatable bonds is 8. The third kappa shape index (κ3) is 5.10. The van der Waals surface area contributed by atoms with Gasteiger partial charge in [-0.3, -0.25) is 9.89 Å². The van der Waals surface area contributed by atoms with E-state index in [4.69, 9.17) is 9.47 Å². The SMILES string of the molecule is COc1ccc2ccccc2c1-c1cc(C(=O)N/N=C\c2cccc(OCc3ccccc3)c2)[nH]n1. The van der Waals surface area contributed by atoms with Crippen LogP contribution in [0.1, 0.15) is 21.6 Å². The van der Waals surface area contributed by atoms with Gasteiger partial charge in [0.15, 0.2) is 0 Å². The Bertz CT molecular complexity index is 1530. The van der Waals surface area contributed by atoms with Crippen molar-refractivity contribution in [3.05, 3.63) is 114 Å². The van der Waals surface area contributed by atoms with Crippen LogP contribution in [0.3, 0.4) is 0 Å². The molecule has 0 saturated carbocycles. The minimum Gasteiger partial charge on any atom is -0.496 e. The highest BCUT2D eigenvalue weighted by Gasteiger charge is 2.16. The topological polar surface area (TPSA) is 88.6 Å². The lowest BCUT2D eigenvalue weighted by Crippen LogP contribution is -2.18. The van der Waals surface area contributed by atoms with E-state index < -0.39 is 5.91 Å². The summed E-state index contributed by atoms with van der Waals surface area (Å²) in [7, 11) is 1.62. The molecule has 7 heteroatoms. The average Bonchev–Trinajstić information content (AvgIpc) is 3.42. The maximum absolute atomic E-state index is 12.7. The van der Waals surface area contributed by atoms with Crippen molar-refractivity contribution in [2.24, 2.45) is 5.10 Å². The van der Waals surface area contributed by atoms with Crippen molar-refractivity contribution in [3.63, 3.8) is 0 Å². The molecule has 0 aliphatic rings. The maximum atomic E-state index is 12.7. The molecule has 2 N–H and O–H groups in total. The van der Waals surface area contributed by atoms with Crippen molar-refractivity contribution in [2.75, 3.05) is 7.11 Å². The molecule has 0 fully saturated rings. The van der Waals surface area contributed by atoms with Crippen molar-refractivity contribution in [2.45, 2.75) is 6.61 Å². The summed E-state index contributed by atoms with van der Waals surface area (Å²) in [5, 5.41) is 13.3. The van der Waals surface area contributed by atoms with Gasteiger partial charge in [0.1, 0.15) is 23.8 Å². The van der Waals surface area contributed by atoms with Crippen LogP contribution in [-0.4, -0.2) is 29.4 Å². The Labute approximate surface area is 208 Å². The number of nitrogens with zero attached hydrogens (tertiary/aromatic N) is 2. The minimum absolute atomic E-state index is 0.289. The van der Waals surface area contributed by atoms with Crippen molar-refractivity contribution in [1.29, 1.82) is 0 Å². The van der Waals surface area contributed by atoms with Crippen LogP contribution in [0.2, 0.25) is 0 Å². The fourth-order valence-electron chi connectivity index (χ4n) is 3.90. The van der Waals surface area contributed by atoms with Crippen molar-refractivity contribution >= 4 is 22.9 Å². The van der Waals surface area contributed by atoms with Crippen LogP contribution >= 0.6 is 0 Å². The third-order valence-electron chi connectivity index (χ3n) is 5.68. The summed E-state index contributed by atoms with van der Waals surface area (Å²) in [6.45, 7) is 0.474. The lowest BCUT2D eigenvalue weighted by molar-refractivity contribution is 0.0950. The van der Waals surface area contributed by atoms with Crippen molar-refractivity contribution in [1.82, 2.24) is 15.6 Å². The molecular formula is C29H24N4O3. The number of hydrogen-bond acceptors (Lipinski definition) is 5. The number of amides is 1. The number of aromatic nitrogens is 2. The van der Waals surface area contributed by atoms with E-state index in [1.165, 1.54) is 0 Å². The molecule has 36 heavy (non-hydrogen) atoms. The summed E-state index contributed by atoms with van der Waals surface area (Å²) in [6, 6.07) is 31.0. The van der Waals surface area contributed by atoms with Gasteiger partial charge in [-0.1, -0.05) is 72.8 Å². The fraction of sp³-hybridized carbons (Fsp3) is 0.0690. The smallest absolute Gasteiger partial charge is 0.289 e. The summed E-state index contributed by atoms with van der Waals surface area (Å²) < 4.78 is 11.4. The van der Waals surface area contributed by atoms with E-state index in [2.05, 4.69) is 20.7 Å². The van der Waals surface area contributed by atoms with Crippen LogP contribution in [0.4, 0.5) is 0 Å². The normalized spacial score (nSPS) is 11.0. The summed E-state index contributed by atoms with van der Waals surface area (Å²) >= 11 is 0. The van der Waals surface area contributed by atoms with Gasteiger partial charge in [0.2, 0.25) is 0 Å². The molecule has 178 valence electrons. The van der Waals surface area contributed by atoms with Crippen LogP contribution in [0.15, 0.2) is 102 Å². The summed E-state index contributed by atoms with van der Waals surface area (Å²) in [5.41, 5.74) is 6.15. The maximum Gasteiger partial charge on any atom is 0.289 e. The molecular weight excluding hydrogens is 452 g/mol. The molecule has 0 spiro atoms. The number of aromatic amines is 1. The minimum atomic E-state index is -0.402. The highest BCUT2D eigenvalue weighted by Crippen LogP contribution is 2.36. The molecule has 5 aromatic rings. The van der Waals surface area contributed by atoms with Crippen LogP contribution in [-0.2, 0) is 6.61 Å². The molecule has 0 unspecified atom stereocenters. The Kier molecular flexibility index (Phi) is 6.71. The molecule has 5 rings (SSSR count). The molecule has 0 radical (unpaired) electrons. The van der Waals surface area contributed by atoms with Gasteiger partial charge >= 0.3 is 0 Å². The largest absolute Gasteiger partial charge is 0.496 e. The first kappa shape index (κ1) is 22.9. The number of fused-ring (bicyclic) bond motifs is 1. The van der Waals surface area contributed by atoms with Crippen molar-refractivity contribution in [3.8, 4) is 22.8 Å². The monoisotopic (exact) mass is 476 g/mol. The summed E-state index contributed by atoms with van der Waals surface area (Å²) in [4.78, 5) is 12.7. The lowest BCUT2D eigenvalue weighted by atomic mass is 10.0. The predicted molar refractivity (Wildman–Crippen MR) is 140 cm³/mol. The molecule has 1 aromatic heterocycles. The standard InChI is InChI=1S/C29H24N4O3/c1-35-27-15-14-22-11-5-6-13-24(22)28(27)25-17-26(32-31-25)29(34)33-30-18-21-10-7-12-23(16-21)36-19-20-8-3-2-4-9-20/h2-18H,19H2,1H3,(H,31,32)(H,33,34)/b30-18-. The quantitative estimate of drug-likeness (QED) is 0.226. The first-order chi connectivity index (χ1) is 17.7. The van der Waals surface area contributed by atoms with Crippen LogP contribution in [0, 0.1) is 0 Å². The Morgan fingerprint density at radius 3 is 2.67 bits per heavy atom. The average molecular weight is 477 g/mol. The number of H-pyrrole nitrogens is 1. The number of methoxy groups -OCH3 is 1. The van der Waals surface area contributed by atoms with Gasteiger partial charge in [0.25, 0.3) is 5.91 Å². The van der Waals surface area contributed by atoms with Crippen LogP contribution in [0.25, 0.3) is 22.0 Å². The van der Waals surface area contributed by atoms with Gasteiger partial charge in [0, 0.05) is 0 Å². The Morgan fingerprint density at radius 1 is 0.972 bits per heavy atom. The summed E-state index contributed by atoms with van der Waals surface area (Å²) in [6.07, 6.45) is 1.57. The van der Waals surface area contributed by atoms with E-state index in [0.29, 0.717) is 18.1 Å². The molecule has 4 aromatic carbocycles. The first-order valence-corrected chi connectivity index (χ1v) is 11.4. The fourth-order valence-corrected chi connectivity index (χ4v) is 3.90. The van der Waals surface area contributed by atoms with E-state index in [0.717, 1.165) is 33.2 Å². The Morgan fingerprint density at radius 2 is 1.81 bits per heavy atom. The zero-order chi connectivity index (χ0) is 24.7. The molecule has 0 saturated heterocycles. The van der Waals surface area contributed by atoms with E-state index >= 15 is 0 Å². The van der Waals surface area contributed by atoms with Gasteiger partial charge in [-0.25, -0.2) is 5.43 Å². The third-order valence-corrected chi connectivity index (χ3v) is 5.68. The first-order valence-electron chi connectivity index (χ1n) is 11.4. The zero-order valence-electron chi connectivity index (χ0n) is 19.6. The number of hydrogen-bond donors (Lipinski definition) is 2. The number of ether oxygens (including phenoxy) is 2. The lowest BCUT2D eigenvalue weighted by Gasteiger charge is -2.09. The van der Waals surface area contributed by atoms with E-state index in [-0.39, 0.29) is 5.69 Å². The van der Waals surface area contributed by atoms with Gasteiger partial charge in [0.05, 0.1) is 24.6 Å². The van der Waals surface area contributed by atoms with Gasteiger partial charge in [-0.15, -0.1) is 0 Å². The van der Waals surface area contributed by atoms with E-state index in [9.17, 15) is 4.79 Å². The highest BCUT2D eigenvalue weighted by atomic mass is 16.5. The van der Waals surface area contributed by atoms with Crippen LogP contribution in [0.5, 0.6) is 11.5 Å². The molecule has 0 aliphatic carbocycles. The second-order valence-electron chi connectivity index (χ2n) is 8.08. The van der Waals surface area contributed by atoms with Gasteiger partial charge in [-0.2, -0.15) is 10.2 Å². The number of carbonyl (C=O) groups is 1. The number of hydrazone groups is 1. The summed E-state index contributed by atoms with van der Waals surface area (Å²) in [5.74, 6) is 0.997. The number of nitrogens with one attached hydrogen (secondary N) is 2. The number of benzene rings is 4. The predicted octanol–water partition coefficient (Wildman–Crippen LogP) is 5.58.